The van der Waals surface area contributed by atoms with Gasteiger partial charge < -0.3 is 5.32 Å². The molecule has 1 saturated carbocycles. The summed E-state index contributed by atoms with van der Waals surface area (Å²) in [4.78, 5) is 21.5. The molecule has 2 atom stereocenters. The maximum atomic E-state index is 10.9. The standard InChI is InChI=1S/C6H8N2O2/c9-5-3-1-2-4(3)7-6(10)8-5/h3-4H,1-2H2,(H2,7,8,9,10)/t3-,4+/m1/s1. The van der Waals surface area contributed by atoms with E-state index >= 15 is 0 Å². The number of nitrogens with one attached hydrogen (secondary N) is 2. The second-order valence-electron chi connectivity index (χ2n) is 2.75. The minimum atomic E-state index is -0.342. The molecule has 0 aromatic rings. The molecule has 10 heavy (non-hydrogen) atoms. The van der Waals surface area contributed by atoms with Gasteiger partial charge in [0.2, 0.25) is 5.91 Å². The van der Waals surface area contributed by atoms with Crippen LogP contribution in [-0.4, -0.2) is 18.0 Å². The van der Waals surface area contributed by atoms with Crippen molar-refractivity contribution in [3.8, 4) is 0 Å². The number of hydrogen-bond acceptors (Lipinski definition) is 2. The van der Waals surface area contributed by atoms with Crippen LogP contribution in [0.5, 0.6) is 0 Å². The third-order valence-electron chi connectivity index (χ3n) is 2.16. The van der Waals surface area contributed by atoms with E-state index in [4.69, 9.17) is 0 Å². The molecule has 0 bridgehead atoms. The van der Waals surface area contributed by atoms with Gasteiger partial charge in [-0.15, -0.1) is 0 Å². The summed E-state index contributed by atoms with van der Waals surface area (Å²) in [5, 5.41) is 4.90. The Bertz CT molecular complexity index is 202. The van der Waals surface area contributed by atoms with E-state index in [9.17, 15) is 9.59 Å². The van der Waals surface area contributed by atoms with Crippen LogP contribution in [0.25, 0.3) is 0 Å². The maximum Gasteiger partial charge on any atom is 0.321 e. The van der Waals surface area contributed by atoms with Crippen LogP contribution < -0.4 is 10.6 Å². The number of rotatable bonds is 0. The molecule has 0 aromatic heterocycles. The van der Waals surface area contributed by atoms with Gasteiger partial charge >= 0.3 is 6.03 Å². The van der Waals surface area contributed by atoms with E-state index in [0.29, 0.717) is 0 Å². The smallest absolute Gasteiger partial charge is 0.321 e. The number of urea groups is 1. The maximum absolute atomic E-state index is 10.9. The van der Waals surface area contributed by atoms with Gasteiger partial charge in [0.25, 0.3) is 0 Å². The summed E-state index contributed by atoms with van der Waals surface area (Å²) in [6.07, 6.45) is 1.86. The molecule has 0 unspecified atom stereocenters. The molecule has 2 rings (SSSR count). The van der Waals surface area contributed by atoms with Gasteiger partial charge in [0.05, 0.1) is 5.92 Å². The van der Waals surface area contributed by atoms with Crippen molar-refractivity contribution in [2.24, 2.45) is 5.92 Å². The van der Waals surface area contributed by atoms with Crippen LogP contribution in [0.15, 0.2) is 0 Å². The highest BCUT2D eigenvalue weighted by Gasteiger charge is 2.41. The first-order valence-electron chi connectivity index (χ1n) is 3.39. The van der Waals surface area contributed by atoms with E-state index in [0.717, 1.165) is 12.8 Å². The average Bonchev–Trinajstić information content (AvgIpc) is 1.77. The number of carbonyl (C=O) groups is 2. The molecule has 4 heteroatoms. The molecule has 3 amide bonds. The monoisotopic (exact) mass is 140 g/mol. The first-order valence-corrected chi connectivity index (χ1v) is 3.39. The molecular formula is C6H8N2O2. The molecule has 2 aliphatic rings. The van der Waals surface area contributed by atoms with E-state index in [2.05, 4.69) is 10.6 Å². The zero-order valence-electron chi connectivity index (χ0n) is 5.39. The summed E-state index contributed by atoms with van der Waals surface area (Å²) in [5.74, 6) is -0.0577. The minimum Gasteiger partial charge on any atom is -0.334 e. The van der Waals surface area contributed by atoms with Crippen LogP contribution in [0.1, 0.15) is 12.8 Å². The molecule has 2 N–H and O–H groups in total. The van der Waals surface area contributed by atoms with Crippen molar-refractivity contribution in [1.29, 1.82) is 0 Å². The highest BCUT2D eigenvalue weighted by molar-refractivity contribution is 5.99. The number of carbonyl (C=O) groups excluding carboxylic acids is 2. The molecule has 2 fully saturated rings. The summed E-state index contributed by atoms with van der Waals surface area (Å²) in [6, 6.07) is -0.216. The van der Waals surface area contributed by atoms with Crippen LogP contribution in [-0.2, 0) is 4.79 Å². The highest BCUT2D eigenvalue weighted by atomic mass is 16.2. The fourth-order valence-corrected chi connectivity index (χ4v) is 1.40. The van der Waals surface area contributed by atoms with E-state index in [1.807, 2.05) is 0 Å². The number of imide groups is 1. The zero-order valence-corrected chi connectivity index (χ0v) is 5.39. The fourth-order valence-electron chi connectivity index (χ4n) is 1.40. The number of hydrogen-bond donors (Lipinski definition) is 2. The molecule has 4 nitrogen and oxygen atoms in total. The lowest BCUT2D eigenvalue weighted by Gasteiger charge is -2.39. The fraction of sp³-hybridized carbons (Fsp3) is 0.667. The van der Waals surface area contributed by atoms with Crippen LogP contribution in [0.4, 0.5) is 4.79 Å². The summed E-state index contributed by atoms with van der Waals surface area (Å²) < 4.78 is 0. The van der Waals surface area contributed by atoms with Crippen LogP contribution >= 0.6 is 0 Å². The molecule has 1 aliphatic heterocycles. The first-order chi connectivity index (χ1) is 4.77. The molecule has 1 heterocycles. The van der Waals surface area contributed by atoms with Crippen LogP contribution in [0.3, 0.4) is 0 Å². The third-order valence-corrected chi connectivity index (χ3v) is 2.16. The van der Waals surface area contributed by atoms with Gasteiger partial charge in [0.15, 0.2) is 0 Å². The molecule has 0 radical (unpaired) electrons. The Morgan fingerprint density at radius 1 is 1.30 bits per heavy atom. The van der Waals surface area contributed by atoms with Gasteiger partial charge in [-0.3, -0.25) is 10.1 Å². The molecule has 1 saturated heterocycles. The molecule has 0 spiro atoms. The van der Waals surface area contributed by atoms with E-state index in [1.165, 1.54) is 0 Å². The van der Waals surface area contributed by atoms with Gasteiger partial charge in [0, 0.05) is 6.04 Å². The molecule has 54 valence electrons. The van der Waals surface area contributed by atoms with Gasteiger partial charge in [0.1, 0.15) is 0 Å². The van der Waals surface area contributed by atoms with Gasteiger partial charge in [-0.1, -0.05) is 0 Å². The topological polar surface area (TPSA) is 58.2 Å². The Morgan fingerprint density at radius 3 is 2.60 bits per heavy atom. The van der Waals surface area contributed by atoms with E-state index < -0.39 is 0 Å². The van der Waals surface area contributed by atoms with Crippen molar-refractivity contribution in [2.45, 2.75) is 18.9 Å². The van der Waals surface area contributed by atoms with Crippen molar-refractivity contribution >= 4 is 11.9 Å². The second kappa shape index (κ2) is 1.71. The SMILES string of the molecule is O=C1NC(=O)[C@@H]2CC[C@@H]2N1. The average molecular weight is 140 g/mol. The van der Waals surface area contributed by atoms with Crippen LogP contribution in [0, 0.1) is 5.92 Å². The van der Waals surface area contributed by atoms with Crippen molar-refractivity contribution in [1.82, 2.24) is 10.6 Å². The Kier molecular flexibility index (Phi) is 0.977. The summed E-state index contributed by atoms with van der Waals surface area (Å²) in [7, 11) is 0. The molecular weight excluding hydrogens is 132 g/mol. The largest absolute Gasteiger partial charge is 0.334 e. The van der Waals surface area contributed by atoms with Gasteiger partial charge in [-0.05, 0) is 12.8 Å². The Hall–Kier alpha value is -1.06. The van der Waals surface area contributed by atoms with Crippen molar-refractivity contribution in [3.63, 3.8) is 0 Å². The molecule has 0 aromatic carbocycles. The van der Waals surface area contributed by atoms with Gasteiger partial charge in [-0.25, -0.2) is 4.79 Å². The lowest BCUT2D eigenvalue weighted by Crippen LogP contribution is -2.62. The zero-order chi connectivity index (χ0) is 7.14. The van der Waals surface area contributed by atoms with Crippen molar-refractivity contribution < 1.29 is 9.59 Å². The van der Waals surface area contributed by atoms with E-state index in [1.54, 1.807) is 0 Å². The predicted molar refractivity (Wildman–Crippen MR) is 33.2 cm³/mol. The Labute approximate surface area is 58.0 Å². The Balaban J connectivity index is 2.13. The Morgan fingerprint density at radius 2 is 2.10 bits per heavy atom. The van der Waals surface area contributed by atoms with Gasteiger partial charge in [-0.2, -0.15) is 0 Å². The number of amides is 3. The summed E-state index contributed by atoms with van der Waals surface area (Å²) in [5.41, 5.74) is 0. The summed E-state index contributed by atoms with van der Waals surface area (Å²) in [6.45, 7) is 0. The summed E-state index contributed by atoms with van der Waals surface area (Å²) >= 11 is 0. The normalized spacial score (nSPS) is 37.2. The van der Waals surface area contributed by atoms with E-state index in [-0.39, 0.29) is 23.9 Å². The van der Waals surface area contributed by atoms with Crippen molar-refractivity contribution in [3.05, 3.63) is 0 Å². The lowest BCUT2D eigenvalue weighted by atomic mass is 9.78. The quantitative estimate of drug-likeness (QED) is 0.481. The molecule has 1 aliphatic carbocycles. The van der Waals surface area contributed by atoms with Crippen molar-refractivity contribution in [2.75, 3.05) is 0 Å². The predicted octanol–water partition coefficient (Wildman–Crippen LogP) is -0.396. The number of fused-ring (bicyclic) bond motifs is 1. The third kappa shape index (κ3) is 0.616. The second-order valence-corrected chi connectivity index (χ2v) is 2.75. The van der Waals surface area contributed by atoms with Crippen LogP contribution in [0.2, 0.25) is 0 Å². The minimum absolute atomic E-state index is 0.0534. The lowest BCUT2D eigenvalue weighted by molar-refractivity contribution is -0.128. The first kappa shape index (κ1) is 5.70. The highest BCUT2D eigenvalue weighted by Crippen LogP contribution is 2.29.